The highest BCUT2D eigenvalue weighted by Crippen LogP contribution is 2.21. The largest absolute Gasteiger partial charge is 0.290 e. The van der Waals surface area contributed by atoms with Crippen LogP contribution in [0, 0.1) is 6.92 Å². The molecule has 0 aliphatic rings. The highest BCUT2D eigenvalue weighted by molar-refractivity contribution is 7.41. The summed E-state index contributed by atoms with van der Waals surface area (Å²) in [4.78, 5) is 11.0. The molecule has 1 atom stereocenters. The molecule has 0 aliphatic carbocycles. The lowest BCUT2D eigenvalue weighted by Crippen LogP contribution is -1.93. The van der Waals surface area contributed by atoms with Gasteiger partial charge in [0.15, 0.2) is 5.52 Å². The van der Waals surface area contributed by atoms with Crippen molar-refractivity contribution in [3.05, 3.63) is 34.3 Å². The molecule has 1 unspecified atom stereocenters. The Labute approximate surface area is 73.0 Å². The second-order valence-electron chi connectivity index (χ2n) is 2.30. The van der Waals surface area contributed by atoms with Gasteiger partial charge in [-0.15, -0.1) is 0 Å². The number of aryl methyl sites for hydroxylation is 1. The Morgan fingerprint density at radius 3 is 2.55 bits per heavy atom. The smallest absolute Gasteiger partial charge is 0.179 e. The molecular weight excluding hydrogens is 179 g/mol. The summed E-state index contributed by atoms with van der Waals surface area (Å²) in [7, 11) is 2.12. The maximum Gasteiger partial charge on any atom is 0.179 e. The summed E-state index contributed by atoms with van der Waals surface area (Å²) in [5.41, 5.74) is 1.45. The van der Waals surface area contributed by atoms with Crippen molar-refractivity contribution in [1.29, 1.82) is 0 Å². The molecule has 1 aromatic carbocycles. The molecule has 58 valence electrons. The molecule has 0 aliphatic heterocycles. The number of hydrogen-bond donors (Lipinski definition) is 0. The standard InChI is InChI=1S/C8H8ClOP/c1-5-3-2-4-6(9)7(5)8(10)11/h2-4H,11H2,1H3. The van der Waals surface area contributed by atoms with Gasteiger partial charge in [-0.05, 0) is 18.6 Å². The van der Waals surface area contributed by atoms with Crippen LogP contribution in [0.25, 0.3) is 0 Å². The van der Waals surface area contributed by atoms with Crippen LogP contribution in [0.5, 0.6) is 0 Å². The molecule has 0 N–H and O–H groups in total. The van der Waals surface area contributed by atoms with Crippen molar-refractivity contribution in [3.63, 3.8) is 0 Å². The van der Waals surface area contributed by atoms with E-state index in [2.05, 4.69) is 9.24 Å². The molecule has 0 amide bonds. The average molecular weight is 187 g/mol. The predicted molar refractivity (Wildman–Crippen MR) is 50.2 cm³/mol. The van der Waals surface area contributed by atoms with Crippen molar-refractivity contribution in [2.24, 2.45) is 0 Å². The Hall–Kier alpha value is -0.390. The van der Waals surface area contributed by atoms with E-state index in [0.29, 0.717) is 10.6 Å². The van der Waals surface area contributed by atoms with Gasteiger partial charge in [-0.25, -0.2) is 0 Å². The Kier molecular flexibility index (Phi) is 2.64. The van der Waals surface area contributed by atoms with Crippen LogP contribution in [0.2, 0.25) is 5.02 Å². The molecule has 0 fully saturated rings. The molecule has 1 aromatic rings. The van der Waals surface area contributed by atoms with Crippen LogP contribution in [0.3, 0.4) is 0 Å². The van der Waals surface area contributed by atoms with Gasteiger partial charge >= 0.3 is 0 Å². The lowest BCUT2D eigenvalue weighted by Gasteiger charge is -2.02. The van der Waals surface area contributed by atoms with Gasteiger partial charge in [0, 0.05) is 5.56 Å². The van der Waals surface area contributed by atoms with Crippen LogP contribution in [-0.4, -0.2) is 5.52 Å². The molecule has 1 nitrogen and oxygen atoms in total. The average Bonchev–Trinajstić information content (AvgIpc) is 1.85. The van der Waals surface area contributed by atoms with Crippen LogP contribution in [-0.2, 0) is 0 Å². The molecule has 1 rings (SSSR count). The van der Waals surface area contributed by atoms with E-state index in [9.17, 15) is 4.79 Å². The lowest BCUT2D eigenvalue weighted by atomic mass is 10.1. The fourth-order valence-electron chi connectivity index (χ4n) is 0.944. The van der Waals surface area contributed by atoms with E-state index in [0.717, 1.165) is 5.56 Å². The third-order valence-corrected chi connectivity index (χ3v) is 2.07. The fourth-order valence-corrected chi connectivity index (χ4v) is 1.73. The number of hydrogen-bond acceptors (Lipinski definition) is 1. The molecule has 0 saturated heterocycles. The predicted octanol–water partition coefficient (Wildman–Crippen LogP) is 2.66. The van der Waals surface area contributed by atoms with E-state index in [-0.39, 0.29) is 5.52 Å². The second kappa shape index (κ2) is 3.34. The first-order valence-corrected chi connectivity index (χ1v) is 4.13. The third-order valence-electron chi connectivity index (χ3n) is 1.47. The number of carbonyl (C=O) groups excluding carboxylic acids is 1. The van der Waals surface area contributed by atoms with Crippen LogP contribution >= 0.6 is 20.8 Å². The van der Waals surface area contributed by atoms with E-state index in [1.165, 1.54) is 0 Å². The molecule has 11 heavy (non-hydrogen) atoms. The Morgan fingerprint density at radius 1 is 1.55 bits per heavy atom. The van der Waals surface area contributed by atoms with Gasteiger partial charge in [0.1, 0.15) is 0 Å². The SMILES string of the molecule is Cc1cccc(Cl)c1C(=O)P. The number of benzene rings is 1. The van der Waals surface area contributed by atoms with Gasteiger partial charge in [-0.3, -0.25) is 4.79 Å². The molecule has 0 radical (unpaired) electrons. The zero-order valence-corrected chi connectivity index (χ0v) is 8.01. The Bertz CT molecular complexity index is 276. The number of carbonyl (C=O) groups is 1. The van der Waals surface area contributed by atoms with Crippen LogP contribution in [0.1, 0.15) is 15.9 Å². The molecule has 0 bridgehead atoms. The maximum atomic E-state index is 11.0. The first-order chi connectivity index (χ1) is 5.13. The third kappa shape index (κ3) is 1.79. The normalized spacial score (nSPS) is 9.73. The van der Waals surface area contributed by atoms with E-state index >= 15 is 0 Å². The highest BCUT2D eigenvalue weighted by atomic mass is 35.5. The van der Waals surface area contributed by atoms with E-state index < -0.39 is 0 Å². The first-order valence-electron chi connectivity index (χ1n) is 3.18. The van der Waals surface area contributed by atoms with Crippen molar-refractivity contribution in [2.75, 3.05) is 0 Å². The lowest BCUT2D eigenvalue weighted by molar-refractivity contribution is 0.108. The fraction of sp³-hybridized carbons (Fsp3) is 0.125. The maximum absolute atomic E-state index is 11.0. The summed E-state index contributed by atoms with van der Waals surface area (Å²) < 4.78 is 0. The van der Waals surface area contributed by atoms with Crippen LogP contribution < -0.4 is 0 Å². The summed E-state index contributed by atoms with van der Waals surface area (Å²) in [6, 6.07) is 5.41. The van der Waals surface area contributed by atoms with Gasteiger partial charge < -0.3 is 0 Å². The minimum Gasteiger partial charge on any atom is -0.290 e. The molecule has 0 spiro atoms. The van der Waals surface area contributed by atoms with Gasteiger partial charge in [0.2, 0.25) is 0 Å². The van der Waals surface area contributed by atoms with E-state index in [1.54, 1.807) is 6.07 Å². The van der Waals surface area contributed by atoms with Crippen LogP contribution in [0.15, 0.2) is 18.2 Å². The summed E-state index contributed by atoms with van der Waals surface area (Å²) in [6.45, 7) is 1.86. The van der Waals surface area contributed by atoms with Gasteiger partial charge in [0.25, 0.3) is 0 Å². The topological polar surface area (TPSA) is 17.1 Å². The van der Waals surface area contributed by atoms with Gasteiger partial charge in [0.05, 0.1) is 5.02 Å². The minimum absolute atomic E-state index is 0.0619. The Morgan fingerprint density at radius 2 is 2.18 bits per heavy atom. The highest BCUT2D eigenvalue weighted by Gasteiger charge is 2.07. The van der Waals surface area contributed by atoms with Crippen LogP contribution in [0.4, 0.5) is 0 Å². The molecule has 3 heteroatoms. The van der Waals surface area contributed by atoms with E-state index in [4.69, 9.17) is 11.6 Å². The molecule has 0 saturated carbocycles. The summed E-state index contributed by atoms with van der Waals surface area (Å²) >= 11 is 5.79. The zero-order chi connectivity index (χ0) is 8.43. The minimum atomic E-state index is -0.0619. The molecule has 0 aromatic heterocycles. The Balaban J connectivity index is 3.32. The van der Waals surface area contributed by atoms with Gasteiger partial charge in [-0.2, -0.15) is 0 Å². The molecule has 0 heterocycles. The molecular formula is C8H8ClOP. The zero-order valence-electron chi connectivity index (χ0n) is 6.10. The van der Waals surface area contributed by atoms with Gasteiger partial charge in [-0.1, -0.05) is 33.0 Å². The van der Waals surface area contributed by atoms with E-state index in [1.807, 2.05) is 19.1 Å². The van der Waals surface area contributed by atoms with Crippen molar-refractivity contribution < 1.29 is 4.79 Å². The number of rotatable bonds is 1. The first kappa shape index (κ1) is 8.70. The summed E-state index contributed by atoms with van der Waals surface area (Å²) in [5, 5.41) is 0.519. The quantitative estimate of drug-likeness (QED) is 0.617. The summed E-state index contributed by atoms with van der Waals surface area (Å²) in [6.07, 6.45) is 0. The monoisotopic (exact) mass is 186 g/mol. The second-order valence-corrected chi connectivity index (χ2v) is 3.23. The number of halogens is 1. The van der Waals surface area contributed by atoms with Crippen molar-refractivity contribution >= 4 is 26.4 Å². The van der Waals surface area contributed by atoms with Crippen molar-refractivity contribution in [1.82, 2.24) is 0 Å². The van der Waals surface area contributed by atoms with Crippen molar-refractivity contribution in [2.45, 2.75) is 6.92 Å². The van der Waals surface area contributed by atoms with Crippen molar-refractivity contribution in [3.8, 4) is 0 Å². The summed E-state index contributed by atoms with van der Waals surface area (Å²) in [5.74, 6) is 0.